The highest BCUT2D eigenvalue weighted by atomic mass is 32.2. The van der Waals surface area contributed by atoms with Gasteiger partial charge in [-0.2, -0.15) is 10.3 Å². The largest absolute Gasteiger partial charge is 0.386 e. The van der Waals surface area contributed by atoms with Gasteiger partial charge in [0.25, 0.3) is 0 Å². The molecule has 14 heavy (non-hydrogen) atoms. The highest BCUT2D eigenvalue weighted by molar-refractivity contribution is 8.25. The molecule has 0 saturated carbocycles. The first kappa shape index (κ1) is 13.7. The number of hydrogen-bond acceptors (Lipinski definition) is 6. The first-order chi connectivity index (χ1) is 6.64. The first-order valence-corrected chi connectivity index (χ1v) is 6.81. The first-order valence-electron chi connectivity index (χ1n) is 4.05. The molecule has 0 amide bonds. The molecule has 5 nitrogen and oxygen atoms in total. The molecule has 0 radical (unpaired) electrons. The number of aliphatic imine (C=N–C) groups is 1. The number of thioether (sulfide) groups is 1. The number of nitrogens with zero attached hydrogens (tertiary/aromatic N) is 2. The zero-order valence-electron chi connectivity index (χ0n) is 8.39. The summed E-state index contributed by atoms with van der Waals surface area (Å²) in [6, 6.07) is 0. The number of hydrogen-bond donors (Lipinski definition) is 0. The maximum Gasteiger partial charge on any atom is 0.386 e. The zero-order valence-corrected chi connectivity index (χ0v) is 10.1. The van der Waals surface area contributed by atoms with E-state index in [4.69, 9.17) is 14.3 Å². The van der Waals surface area contributed by atoms with Crippen LogP contribution < -0.4 is 0 Å². The van der Waals surface area contributed by atoms with Gasteiger partial charge in [0.05, 0.1) is 13.2 Å². The summed E-state index contributed by atoms with van der Waals surface area (Å²) in [4.78, 5) is 3.52. The third-order valence-corrected chi connectivity index (χ3v) is 4.60. The van der Waals surface area contributed by atoms with Crippen molar-refractivity contribution in [3.8, 4) is 6.19 Å². The molecule has 0 N–H and O–H groups in total. The summed E-state index contributed by atoms with van der Waals surface area (Å²) >= 11 is 1.10. The van der Waals surface area contributed by atoms with Crippen LogP contribution in [0.4, 0.5) is 0 Å². The Kier molecular flexibility index (Phi) is 6.85. The molecule has 0 saturated heterocycles. The summed E-state index contributed by atoms with van der Waals surface area (Å²) in [7, 11) is -3.36. The minimum absolute atomic E-state index is 0.101. The molecule has 0 aliphatic rings. The fourth-order valence-electron chi connectivity index (χ4n) is 0.749. The number of nitriles is 1. The normalized spacial score (nSPS) is 12.6. The summed E-state index contributed by atoms with van der Waals surface area (Å²) in [5, 5.41) is 8.38. The lowest BCUT2D eigenvalue weighted by Gasteiger charge is -2.15. The van der Waals surface area contributed by atoms with E-state index in [2.05, 4.69) is 4.99 Å². The molecular formula is C7H13N2O3PS. The lowest BCUT2D eigenvalue weighted by molar-refractivity contribution is 0.233. The summed E-state index contributed by atoms with van der Waals surface area (Å²) in [5.41, 5.74) is 0. The highest BCUT2D eigenvalue weighted by Gasteiger charge is 2.31. The minimum atomic E-state index is -3.36. The van der Waals surface area contributed by atoms with Gasteiger partial charge in [0, 0.05) is 0 Å². The molecule has 0 unspecified atom stereocenters. The molecular weight excluding hydrogens is 223 g/mol. The lowest BCUT2D eigenvalue weighted by Crippen LogP contribution is -2.03. The molecule has 0 aromatic rings. The third kappa shape index (κ3) is 3.81. The SMILES string of the molecule is CCOP(=O)(OCC)C(=NC#N)SC. The van der Waals surface area contributed by atoms with Crippen LogP contribution in [0.5, 0.6) is 0 Å². The Bertz CT molecular complexity index is 277. The fraction of sp³-hybridized carbons (Fsp3) is 0.714. The molecule has 0 fully saturated rings. The van der Waals surface area contributed by atoms with Gasteiger partial charge >= 0.3 is 7.60 Å². The molecule has 0 aromatic carbocycles. The van der Waals surface area contributed by atoms with Crippen molar-refractivity contribution in [3.63, 3.8) is 0 Å². The van der Waals surface area contributed by atoms with Crippen molar-refractivity contribution in [2.45, 2.75) is 13.8 Å². The van der Waals surface area contributed by atoms with Gasteiger partial charge in [-0.05, 0) is 20.1 Å². The van der Waals surface area contributed by atoms with Crippen LogP contribution in [0.2, 0.25) is 0 Å². The molecule has 80 valence electrons. The van der Waals surface area contributed by atoms with Crippen LogP contribution in [0.3, 0.4) is 0 Å². The van der Waals surface area contributed by atoms with E-state index in [-0.39, 0.29) is 18.0 Å². The predicted molar refractivity (Wildman–Crippen MR) is 57.4 cm³/mol. The molecule has 0 aliphatic heterocycles. The minimum Gasteiger partial charge on any atom is -0.304 e. The van der Waals surface area contributed by atoms with E-state index in [0.717, 1.165) is 11.8 Å². The van der Waals surface area contributed by atoms with Gasteiger partial charge < -0.3 is 9.05 Å². The molecule has 7 heteroatoms. The van der Waals surface area contributed by atoms with Gasteiger partial charge in [-0.1, -0.05) is 0 Å². The third-order valence-electron chi connectivity index (χ3n) is 1.16. The van der Waals surface area contributed by atoms with Crippen LogP contribution in [0.1, 0.15) is 13.8 Å². The van der Waals surface area contributed by atoms with Crippen LogP contribution in [0, 0.1) is 11.5 Å². The summed E-state index contributed by atoms with van der Waals surface area (Å²) in [6.45, 7) is 3.91. The zero-order chi connectivity index (χ0) is 11.0. The average Bonchev–Trinajstić information content (AvgIpc) is 2.14. The van der Waals surface area contributed by atoms with E-state index in [9.17, 15) is 4.57 Å². The second-order valence-corrected chi connectivity index (χ2v) is 5.06. The standard InChI is InChI=1S/C7H13N2O3PS/c1-4-11-13(10,12-5-2)7(14-3)9-6-8/h4-5H2,1-3H3. The summed E-state index contributed by atoms with van der Waals surface area (Å²) < 4.78 is 22.0. The van der Waals surface area contributed by atoms with Crippen LogP contribution in [-0.2, 0) is 13.6 Å². The van der Waals surface area contributed by atoms with Gasteiger partial charge in [0.15, 0.2) is 4.78 Å². The molecule has 0 atom stereocenters. The Labute approximate surface area is 88.0 Å². The fourth-order valence-corrected chi connectivity index (χ4v) is 3.23. The average molecular weight is 236 g/mol. The van der Waals surface area contributed by atoms with E-state index in [0.29, 0.717) is 0 Å². The van der Waals surface area contributed by atoms with Crippen molar-refractivity contribution in [2.24, 2.45) is 4.99 Å². The smallest absolute Gasteiger partial charge is 0.304 e. The van der Waals surface area contributed by atoms with Gasteiger partial charge in [0.1, 0.15) is 0 Å². The van der Waals surface area contributed by atoms with Gasteiger partial charge in [-0.15, -0.1) is 11.8 Å². The van der Waals surface area contributed by atoms with Crippen LogP contribution in [-0.4, -0.2) is 24.3 Å². The van der Waals surface area contributed by atoms with E-state index in [1.807, 2.05) is 0 Å². The van der Waals surface area contributed by atoms with Crippen molar-refractivity contribution >= 4 is 24.1 Å². The van der Waals surface area contributed by atoms with Gasteiger partial charge in [-0.3, -0.25) is 4.57 Å². The van der Waals surface area contributed by atoms with Crippen molar-refractivity contribution in [1.82, 2.24) is 0 Å². The highest BCUT2D eigenvalue weighted by Crippen LogP contribution is 2.52. The van der Waals surface area contributed by atoms with Crippen LogP contribution in [0.25, 0.3) is 0 Å². The van der Waals surface area contributed by atoms with Crippen molar-refractivity contribution in [3.05, 3.63) is 0 Å². The van der Waals surface area contributed by atoms with Crippen molar-refractivity contribution in [1.29, 1.82) is 5.26 Å². The Balaban J connectivity index is 4.88. The summed E-state index contributed by atoms with van der Waals surface area (Å²) in [6.07, 6.45) is 3.24. The quantitative estimate of drug-likeness (QED) is 0.317. The van der Waals surface area contributed by atoms with Crippen molar-refractivity contribution < 1.29 is 13.6 Å². The second-order valence-electron chi connectivity index (χ2n) is 2.03. The Morgan fingerprint density at radius 2 is 2.00 bits per heavy atom. The predicted octanol–water partition coefficient (Wildman–Crippen LogP) is 2.45. The molecule has 0 heterocycles. The number of rotatable bonds is 5. The van der Waals surface area contributed by atoms with Crippen LogP contribution >= 0.6 is 19.4 Å². The van der Waals surface area contributed by atoms with Crippen molar-refractivity contribution in [2.75, 3.05) is 19.5 Å². The maximum atomic E-state index is 12.0. The molecule has 0 spiro atoms. The molecule has 0 aromatic heterocycles. The Morgan fingerprint density at radius 3 is 2.29 bits per heavy atom. The maximum absolute atomic E-state index is 12.0. The van der Waals surface area contributed by atoms with E-state index < -0.39 is 7.60 Å². The summed E-state index contributed by atoms with van der Waals surface area (Å²) in [5.74, 6) is 0. The topological polar surface area (TPSA) is 71.7 Å². The Morgan fingerprint density at radius 1 is 1.50 bits per heavy atom. The molecule has 0 bridgehead atoms. The van der Waals surface area contributed by atoms with E-state index >= 15 is 0 Å². The van der Waals surface area contributed by atoms with E-state index in [1.165, 1.54) is 0 Å². The lowest BCUT2D eigenvalue weighted by atomic mass is 10.9. The monoisotopic (exact) mass is 236 g/mol. The molecule has 0 rings (SSSR count). The molecule has 0 aliphatic carbocycles. The second kappa shape index (κ2) is 7.02. The van der Waals surface area contributed by atoms with Gasteiger partial charge in [-0.25, -0.2) is 0 Å². The Hall–Kier alpha value is -0.340. The van der Waals surface area contributed by atoms with Gasteiger partial charge in [0.2, 0.25) is 6.19 Å². The van der Waals surface area contributed by atoms with E-state index in [1.54, 1.807) is 26.3 Å². The van der Waals surface area contributed by atoms with Crippen LogP contribution in [0.15, 0.2) is 4.99 Å².